The molecule has 0 radical (unpaired) electrons. The highest BCUT2D eigenvalue weighted by Crippen LogP contribution is 2.19. The lowest BCUT2D eigenvalue weighted by molar-refractivity contribution is -0.152. The molecule has 7 heteroatoms. The maximum atomic E-state index is 8.71. The van der Waals surface area contributed by atoms with Gasteiger partial charge in [-0.25, -0.2) is 0 Å². The van der Waals surface area contributed by atoms with Crippen LogP contribution in [0, 0.1) is 0 Å². The third kappa shape index (κ3) is 6.44. The summed E-state index contributed by atoms with van der Waals surface area (Å²) in [7, 11) is -1.85. The quantitative estimate of drug-likeness (QED) is 0.511. The Hall–Kier alpha value is -1.28. The van der Waals surface area contributed by atoms with E-state index < -0.39 is 13.6 Å². The first-order valence-electron chi connectivity index (χ1n) is 6.14. The molecule has 1 aromatic carbocycles. The van der Waals surface area contributed by atoms with Crippen LogP contribution < -0.4 is 9.39 Å². The van der Waals surface area contributed by atoms with Gasteiger partial charge in [-0.2, -0.15) is 0 Å². The fourth-order valence-corrected chi connectivity index (χ4v) is 1.44. The summed E-state index contributed by atoms with van der Waals surface area (Å²) in [6.45, 7) is 5.07. The van der Waals surface area contributed by atoms with Gasteiger partial charge in [-0.1, -0.05) is 6.07 Å². The van der Waals surface area contributed by atoms with Crippen LogP contribution >= 0.6 is 0 Å². The fraction of sp³-hybridized carbons (Fsp3) is 0.500. The standard InChI is InChI=1S/C12H19BO6/c1-3-16-12(17-4-2)9-18-10-6-5-7-11(8-10)19-13(14)15/h5-8,12,14-15H,3-4,9H2,1-2H3. The lowest BCUT2D eigenvalue weighted by Crippen LogP contribution is -2.25. The minimum Gasteiger partial charge on any atom is -0.512 e. The molecule has 0 saturated heterocycles. The van der Waals surface area contributed by atoms with Gasteiger partial charge < -0.3 is 28.9 Å². The summed E-state index contributed by atoms with van der Waals surface area (Å²) < 4.78 is 20.9. The van der Waals surface area contributed by atoms with Crippen LogP contribution in [-0.2, 0) is 9.47 Å². The molecule has 0 spiro atoms. The lowest BCUT2D eigenvalue weighted by atomic mass is 10.2. The second-order valence-electron chi connectivity index (χ2n) is 3.57. The maximum Gasteiger partial charge on any atom is 0.707 e. The summed E-state index contributed by atoms with van der Waals surface area (Å²) >= 11 is 0. The van der Waals surface area contributed by atoms with Gasteiger partial charge >= 0.3 is 7.32 Å². The molecule has 1 rings (SSSR count). The molecule has 19 heavy (non-hydrogen) atoms. The van der Waals surface area contributed by atoms with E-state index in [-0.39, 0.29) is 6.61 Å². The van der Waals surface area contributed by atoms with E-state index in [4.69, 9.17) is 28.9 Å². The Morgan fingerprint density at radius 1 is 1.11 bits per heavy atom. The van der Waals surface area contributed by atoms with Crippen LogP contribution in [0.2, 0.25) is 0 Å². The second kappa shape index (κ2) is 8.76. The second-order valence-corrected chi connectivity index (χ2v) is 3.57. The van der Waals surface area contributed by atoms with E-state index in [0.717, 1.165) is 0 Å². The molecule has 0 amide bonds. The van der Waals surface area contributed by atoms with Gasteiger partial charge in [-0.05, 0) is 26.0 Å². The van der Waals surface area contributed by atoms with Crippen molar-refractivity contribution in [2.75, 3.05) is 19.8 Å². The van der Waals surface area contributed by atoms with Gasteiger partial charge in [0.2, 0.25) is 0 Å². The van der Waals surface area contributed by atoms with Gasteiger partial charge in [-0.3, -0.25) is 0 Å². The molecule has 0 fully saturated rings. The minimum atomic E-state index is -1.85. The van der Waals surface area contributed by atoms with Crippen LogP contribution in [0.5, 0.6) is 11.5 Å². The molecule has 1 aromatic rings. The maximum absolute atomic E-state index is 8.71. The van der Waals surface area contributed by atoms with Crippen LogP contribution in [0.25, 0.3) is 0 Å². The molecule has 0 aromatic heterocycles. The molecular weight excluding hydrogens is 251 g/mol. The smallest absolute Gasteiger partial charge is 0.512 e. The Labute approximate surface area is 113 Å². The van der Waals surface area contributed by atoms with E-state index in [1.165, 1.54) is 0 Å². The van der Waals surface area contributed by atoms with E-state index >= 15 is 0 Å². The van der Waals surface area contributed by atoms with E-state index in [1.54, 1.807) is 24.3 Å². The normalized spacial score (nSPS) is 10.6. The van der Waals surface area contributed by atoms with Crippen LogP contribution in [0.3, 0.4) is 0 Å². The zero-order valence-electron chi connectivity index (χ0n) is 11.1. The molecule has 0 unspecified atom stereocenters. The summed E-state index contributed by atoms with van der Waals surface area (Å²) in [5.41, 5.74) is 0. The van der Waals surface area contributed by atoms with Gasteiger partial charge in [0.1, 0.15) is 18.1 Å². The van der Waals surface area contributed by atoms with Crippen LogP contribution in [0.1, 0.15) is 13.8 Å². The van der Waals surface area contributed by atoms with Gasteiger partial charge in [0.25, 0.3) is 0 Å². The lowest BCUT2D eigenvalue weighted by Gasteiger charge is -2.17. The van der Waals surface area contributed by atoms with Crippen LogP contribution in [0.4, 0.5) is 0 Å². The topological polar surface area (TPSA) is 77.4 Å². The first kappa shape index (κ1) is 15.8. The van der Waals surface area contributed by atoms with Gasteiger partial charge in [0, 0.05) is 19.3 Å². The summed E-state index contributed by atoms with van der Waals surface area (Å²) in [6.07, 6.45) is -0.428. The monoisotopic (exact) mass is 270 g/mol. The number of hydrogen-bond acceptors (Lipinski definition) is 6. The Morgan fingerprint density at radius 2 is 1.74 bits per heavy atom. The van der Waals surface area contributed by atoms with Crippen molar-refractivity contribution in [2.24, 2.45) is 0 Å². The van der Waals surface area contributed by atoms with Gasteiger partial charge in [-0.15, -0.1) is 0 Å². The van der Waals surface area contributed by atoms with Crippen LogP contribution in [-0.4, -0.2) is 43.5 Å². The molecule has 106 valence electrons. The van der Waals surface area contributed by atoms with Gasteiger partial charge in [0.05, 0.1) is 0 Å². The third-order valence-corrected chi connectivity index (χ3v) is 2.14. The van der Waals surface area contributed by atoms with Crippen molar-refractivity contribution in [3.63, 3.8) is 0 Å². The van der Waals surface area contributed by atoms with E-state index in [2.05, 4.69) is 0 Å². The fourth-order valence-electron chi connectivity index (χ4n) is 1.44. The van der Waals surface area contributed by atoms with E-state index in [9.17, 15) is 0 Å². The molecular formula is C12H19BO6. The predicted molar refractivity (Wildman–Crippen MR) is 69.8 cm³/mol. The molecule has 0 bridgehead atoms. The molecule has 0 saturated carbocycles. The molecule has 0 aliphatic rings. The van der Waals surface area contributed by atoms with Crippen molar-refractivity contribution < 1.29 is 28.9 Å². The molecule has 6 nitrogen and oxygen atoms in total. The number of benzene rings is 1. The first-order valence-corrected chi connectivity index (χ1v) is 6.14. The summed E-state index contributed by atoms with van der Waals surface area (Å²) in [4.78, 5) is 0. The zero-order valence-corrected chi connectivity index (χ0v) is 11.1. The van der Waals surface area contributed by atoms with Crippen molar-refractivity contribution in [2.45, 2.75) is 20.1 Å². The molecule has 0 aliphatic heterocycles. The third-order valence-electron chi connectivity index (χ3n) is 2.14. The minimum absolute atomic E-state index is 0.243. The number of ether oxygens (including phenoxy) is 3. The van der Waals surface area contributed by atoms with Crippen molar-refractivity contribution in [1.82, 2.24) is 0 Å². The van der Waals surface area contributed by atoms with Crippen molar-refractivity contribution >= 4 is 7.32 Å². The zero-order chi connectivity index (χ0) is 14.1. The van der Waals surface area contributed by atoms with Crippen molar-refractivity contribution in [3.05, 3.63) is 24.3 Å². The van der Waals surface area contributed by atoms with Crippen molar-refractivity contribution in [1.29, 1.82) is 0 Å². The average Bonchev–Trinajstić information content (AvgIpc) is 2.36. The highest BCUT2D eigenvalue weighted by Gasteiger charge is 2.12. The summed E-state index contributed by atoms with van der Waals surface area (Å²) in [5.74, 6) is 0.833. The number of rotatable bonds is 9. The molecule has 0 heterocycles. The Kier molecular flexibility index (Phi) is 7.28. The molecule has 2 N–H and O–H groups in total. The SMILES string of the molecule is CCOC(COc1cccc(OB(O)O)c1)OCC. The van der Waals surface area contributed by atoms with Crippen molar-refractivity contribution in [3.8, 4) is 11.5 Å². The Balaban J connectivity index is 2.51. The van der Waals surface area contributed by atoms with Gasteiger partial charge in [0.15, 0.2) is 6.29 Å². The van der Waals surface area contributed by atoms with E-state index in [1.807, 2.05) is 13.8 Å². The summed E-state index contributed by atoms with van der Waals surface area (Å²) in [5, 5.41) is 17.4. The highest BCUT2D eigenvalue weighted by atomic mass is 16.7. The first-order chi connectivity index (χ1) is 9.15. The van der Waals surface area contributed by atoms with Crippen LogP contribution in [0.15, 0.2) is 24.3 Å². The highest BCUT2D eigenvalue weighted by molar-refractivity contribution is 6.33. The van der Waals surface area contributed by atoms with E-state index in [0.29, 0.717) is 24.7 Å². The Bertz CT molecular complexity index is 354. The molecule has 0 atom stereocenters. The largest absolute Gasteiger partial charge is 0.707 e. The average molecular weight is 270 g/mol. The predicted octanol–water partition coefficient (Wildman–Crippen LogP) is 0.813. The Morgan fingerprint density at radius 3 is 2.32 bits per heavy atom. The number of hydrogen-bond donors (Lipinski definition) is 2. The molecule has 0 aliphatic carbocycles. The summed E-state index contributed by atoms with van der Waals surface area (Å²) in [6, 6.07) is 6.55.